The predicted molar refractivity (Wildman–Crippen MR) is 89.5 cm³/mol. The summed E-state index contributed by atoms with van der Waals surface area (Å²) in [4.78, 5) is 19.0. The van der Waals surface area contributed by atoms with Crippen molar-refractivity contribution in [3.63, 3.8) is 0 Å². The molecule has 22 heavy (non-hydrogen) atoms. The Hall–Kier alpha value is -0.980. The Kier molecular flexibility index (Phi) is 6.79. The number of aromatic nitrogens is 1. The van der Waals surface area contributed by atoms with Crippen LogP contribution in [-0.2, 0) is 9.53 Å². The van der Waals surface area contributed by atoms with E-state index in [1.54, 1.807) is 18.4 Å². The summed E-state index contributed by atoms with van der Waals surface area (Å²) in [6, 6.07) is 0. The van der Waals surface area contributed by atoms with Crippen molar-refractivity contribution in [3.05, 3.63) is 16.1 Å². The number of hydrogen-bond donors (Lipinski definition) is 1. The molecule has 0 spiro atoms. The maximum absolute atomic E-state index is 12.3. The smallest absolute Gasteiger partial charge is 0.236 e. The second-order valence-electron chi connectivity index (χ2n) is 6.11. The Labute approximate surface area is 137 Å². The van der Waals surface area contributed by atoms with Gasteiger partial charge in [0.25, 0.3) is 0 Å². The third kappa shape index (κ3) is 4.76. The Morgan fingerprint density at radius 1 is 1.59 bits per heavy atom. The average Bonchev–Trinajstić information content (AvgIpc) is 3.02. The van der Waals surface area contributed by atoms with Crippen LogP contribution >= 0.6 is 11.3 Å². The standard InChI is InChI=1S/C16H27N3O2S/c1-12(2)14-11-22-16(18-14)13-5-4-7-19(10-13)15(20)9-17-6-8-21-3/h11-13,17H,4-10H2,1-3H3. The maximum atomic E-state index is 12.3. The summed E-state index contributed by atoms with van der Waals surface area (Å²) in [6.07, 6.45) is 2.19. The zero-order chi connectivity index (χ0) is 15.9. The fourth-order valence-electron chi connectivity index (χ4n) is 2.64. The van der Waals surface area contributed by atoms with Gasteiger partial charge in [-0.1, -0.05) is 13.8 Å². The summed E-state index contributed by atoms with van der Waals surface area (Å²) >= 11 is 1.74. The van der Waals surface area contributed by atoms with Gasteiger partial charge in [-0.2, -0.15) is 0 Å². The molecule has 0 saturated carbocycles. The normalized spacial score (nSPS) is 18.9. The first-order valence-corrected chi connectivity index (χ1v) is 8.92. The molecule has 0 aromatic carbocycles. The lowest BCUT2D eigenvalue weighted by Gasteiger charge is -2.32. The number of thiazole rings is 1. The van der Waals surface area contributed by atoms with Gasteiger partial charge in [0, 0.05) is 38.0 Å². The molecule has 0 bridgehead atoms. The van der Waals surface area contributed by atoms with E-state index in [9.17, 15) is 4.79 Å². The molecule has 0 aliphatic carbocycles. The van der Waals surface area contributed by atoms with Crippen molar-refractivity contribution in [1.82, 2.24) is 15.2 Å². The minimum absolute atomic E-state index is 0.182. The SMILES string of the molecule is COCCNCC(=O)N1CCCC(c2nc(C(C)C)cs2)C1. The number of rotatable bonds is 7. The van der Waals surface area contributed by atoms with E-state index in [0.717, 1.165) is 25.9 Å². The van der Waals surface area contributed by atoms with Crippen LogP contribution in [0.2, 0.25) is 0 Å². The molecule has 1 fully saturated rings. The highest BCUT2D eigenvalue weighted by atomic mass is 32.1. The molecule has 2 rings (SSSR count). The molecule has 1 unspecified atom stereocenters. The van der Waals surface area contributed by atoms with Gasteiger partial charge >= 0.3 is 0 Å². The number of nitrogens with zero attached hydrogens (tertiary/aromatic N) is 2. The van der Waals surface area contributed by atoms with Gasteiger partial charge in [-0.05, 0) is 18.8 Å². The number of nitrogens with one attached hydrogen (secondary N) is 1. The van der Waals surface area contributed by atoms with E-state index in [1.165, 1.54) is 10.7 Å². The lowest BCUT2D eigenvalue weighted by Crippen LogP contribution is -2.43. The monoisotopic (exact) mass is 325 g/mol. The second-order valence-corrected chi connectivity index (χ2v) is 7.00. The van der Waals surface area contributed by atoms with Crippen LogP contribution in [0.25, 0.3) is 0 Å². The van der Waals surface area contributed by atoms with E-state index in [4.69, 9.17) is 9.72 Å². The Balaban J connectivity index is 1.86. The van der Waals surface area contributed by atoms with E-state index in [1.807, 2.05) is 4.90 Å². The van der Waals surface area contributed by atoms with Crippen molar-refractivity contribution in [1.29, 1.82) is 0 Å². The van der Waals surface area contributed by atoms with Crippen molar-refractivity contribution in [2.75, 3.05) is 39.9 Å². The number of likely N-dealkylation sites (tertiary alicyclic amines) is 1. The Bertz CT molecular complexity index is 476. The summed E-state index contributed by atoms with van der Waals surface area (Å²) in [6.45, 7) is 7.74. The van der Waals surface area contributed by atoms with Crippen LogP contribution in [0.3, 0.4) is 0 Å². The zero-order valence-electron chi connectivity index (χ0n) is 13.8. The number of methoxy groups -OCH3 is 1. The van der Waals surface area contributed by atoms with Crippen molar-refractivity contribution in [2.45, 2.75) is 38.5 Å². The van der Waals surface area contributed by atoms with Crippen LogP contribution in [0.5, 0.6) is 0 Å². The van der Waals surface area contributed by atoms with Gasteiger partial charge in [-0.3, -0.25) is 4.79 Å². The first-order valence-electron chi connectivity index (χ1n) is 8.04. The molecule has 0 radical (unpaired) electrons. The van der Waals surface area contributed by atoms with Crippen molar-refractivity contribution >= 4 is 17.2 Å². The second kappa shape index (κ2) is 8.60. The highest BCUT2D eigenvalue weighted by Crippen LogP contribution is 2.30. The number of carbonyl (C=O) groups excluding carboxylic acids is 1. The molecule has 1 aliphatic heterocycles. The quantitative estimate of drug-likeness (QED) is 0.781. The largest absolute Gasteiger partial charge is 0.383 e. The first kappa shape index (κ1) is 17.4. The summed E-state index contributed by atoms with van der Waals surface area (Å²) < 4.78 is 4.97. The van der Waals surface area contributed by atoms with E-state index >= 15 is 0 Å². The third-order valence-corrected chi connectivity index (χ3v) is 5.04. The molecule has 1 aliphatic rings. The molecular weight excluding hydrogens is 298 g/mol. The number of ether oxygens (including phenoxy) is 1. The number of carbonyl (C=O) groups is 1. The van der Waals surface area contributed by atoms with Crippen LogP contribution in [0.1, 0.15) is 49.2 Å². The van der Waals surface area contributed by atoms with Crippen molar-refractivity contribution in [2.24, 2.45) is 0 Å². The van der Waals surface area contributed by atoms with Crippen LogP contribution < -0.4 is 5.32 Å². The molecule has 1 aromatic rings. The highest BCUT2D eigenvalue weighted by Gasteiger charge is 2.26. The Morgan fingerprint density at radius 2 is 2.41 bits per heavy atom. The lowest BCUT2D eigenvalue weighted by atomic mass is 9.98. The summed E-state index contributed by atoms with van der Waals surface area (Å²) in [5.74, 6) is 1.05. The van der Waals surface area contributed by atoms with E-state index in [0.29, 0.717) is 31.5 Å². The fourth-order valence-corrected chi connectivity index (χ4v) is 3.75. The molecule has 1 atom stereocenters. The molecule has 2 heterocycles. The number of amides is 1. The van der Waals surface area contributed by atoms with Gasteiger partial charge in [0.1, 0.15) is 0 Å². The molecule has 1 saturated heterocycles. The number of piperidine rings is 1. The molecule has 1 amide bonds. The van der Waals surface area contributed by atoms with Gasteiger partial charge in [0.05, 0.1) is 23.9 Å². The molecule has 1 aromatic heterocycles. The van der Waals surface area contributed by atoms with Gasteiger partial charge in [-0.15, -0.1) is 11.3 Å². The molecule has 6 heteroatoms. The van der Waals surface area contributed by atoms with Gasteiger partial charge in [0.2, 0.25) is 5.91 Å². The van der Waals surface area contributed by atoms with Gasteiger partial charge < -0.3 is 15.0 Å². The van der Waals surface area contributed by atoms with Crippen molar-refractivity contribution in [3.8, 4) is 0 Å². The third-order valence-electron chi connectivity index (χ3n) is 4.01. The molecular formula is C16H27N3O2S. The van der Waals surface area contributed by atoms with Crippen LogP contribution in [0.4, 0.5) is 0 Å². The van der Waals surface area contributed by atoms with Crippen LogP contribution in [0, 0.1) is 0 Å². The number of hydrogen-bond acceptors (Lipinski definition) is 5. The van der Waals surface area contributed by atoms with Crippen LogP contribution in [0.15, 0.2) is 5.38 Å². The topological polar surface area (TPSA) is 54.5 Å². The zero-order valence-corrected chi connectivity index (χ0v) is 14.6. The minimum atomic E-state index is 0.182. The predicted octanol–water partition coefficient (Wildman–Crippen LogP) is 2.21. The van der Waals surface area contributed by atoms with Gasteiger partial charge in [0.15, 0.2) is 0 Å². The van der Waals surface area contributed by atoms with Crippen LogP contribution in [-0.4, -0.2) is 55.7 Å². The Morgan fingerprint density at radius 3 is 3.09 bits per heavy atom. The summed E-state index contributed by atoms with van der Waals surface area (Å²) in [5, 5.41) is 6.48. The van der Waals surface area contributed by atoms with E-state index in [2.05, 4.69) is 24.5 Å². The maximum Gasteiger partial charge on any atom is 0.236 e. The fraction of sp³-hybridized carbons (Fsp3) is 0.750. The average molecular weight is 325 g/mol. The van der Waals surface area contributed by atoms with E-state index < -0.39 is 0 Å². The highest BCUT2D eigenvalue weighted by molar-refractivity contribution is 7.09. The minimum Gasteiger partial charge on any atom is -0.383 e. The summed E-state index contributed by atoms with van der Waals surface area (Å²) in [5.41, 5.74) is 1.17. The van der Waals surface area contributed by atoms with E-state index in [-0.39, 0.29) is 5.91 Å². The lowest BCUT2D eigenvalue weighted by molar-refractivity contribution is -0.131. The summed E-state index contributed by atoms with van der Waals surface area (Å²) in [7, 11) is 1.66. The molecule has 5 nitrogen and oxygen atoms in total. The van der Waals surface area contributed by atoms with Crippen molar-refractivity contribution < 1.29 is 9.53 Å². The molecule has 1 N–H and O–H groups in total. The molecule has 124 valence electrons. The first-order chi connectivity index (χ1) is 10.6. The van der Waals surface area contributed by atoms with Gasteiger partial charge in [-0.25, -0.2) is 4.98 Å².